The molecule has 0 aliphatic rings. The van der Waals surface area contributed by atoms with E-state index in [1.807, 2.05) is 12.1 Å². The van der Waals surface area contributed by atoms with Crippen LogP contribution < -0.4 is 0 Å². The van der Waals surface area contributed by atoms with Crippen molar-refractivity contribution in [1.82, 2.24) is 0 Å². The molecule has 0 N–H and O–H groups in total. The third-order valence-electron chi connectivity index (χ3n) is 4.92. The Hall–Kier alpha value is -0.960. The summed E-state index contributed by atoms with van der Waals surface area (Å²) in [5.74, 6) is -0.224. The van der Waals surface area contributed by atoms with Gasteiger partial charge in [0.05, 0.1) is 23.1 Å². The number of methoxy groups -OCH3 is 1. The van der Waals surface area contributed by atoms with Gasteiger partial charge in [-0.1, -0.05) is 33.1 Å². The molecule has 0 amide bonds. The molecule has 2 aromatic heterocycles. The van der Waals surface area contributed by atoms with Crippen molar-refractivity contribution in [3.05, 3.63) is 30.8 Å². The van der Waals surface area contributed by atoms with Crippen molar-refractivity contribution in [3.8, 4) is 0 Å². The zero-order valence-electron chi connectivity index (χ0n) is 16.5. The van der Waals surface area contributed by atoms with Crippen molar-refractivity contribution in [3.63, 3.8) is 0 Å². The largest absolute Gasteiger partial charge is 0.465 e. The van der Waals surface area contributed by atoms with Crippen LogP contribution >= 0.6 is 54.5 Å². The van der Waals surface area contributed by atoms with Crippen LogP contribution in [-0.4, -0.2) is 25.7 Å². The van der Waals surface area contributed by atoms with Crippen LogP contribution in [0.3, 0.4) is 0 Å². The van der Waals surface area contributed by atoms with Gasteiger partial charge < -0.3 is 9.47 Å². The number of rotatable bonds is 8. The predicted octanol–water partition coefficient (Wildman–Crippen LogP) is 7.80. The summed E-state index contributed by atoms with van der Waals surface area (Å²) in [5.41, 5.74) is 0. The van der Waals surface area contributed by atoms with Crippen LogP contribution in [0.5, 0.6) is 0 Å². The Balaban J connectivity index is 1.90. The maximum absolute atomic E-state index is 12.6. The van der Waals surface area contributed by atoms with Crippen molar-refractivity contribution in [1.29, 1.82) is 0 Å². The van der Waals surface area contributed by atoms with Crippen LogP contribution in [-0.2, 0) is 9.47 Å². The molecular formula is C21H22Br2O4S2. The summed E-state index contributed by atoms with van der Waals surface area (Å²) in [6.07, 6.45) is 4.40. The second kappa shape index (κ2) is 9.90. The second-order valence-corrected chi connectivity index (χ2v) is 10.5. The zero-order chi connectivity index (χ0) is 21.1. The molecule has 1 aromatic carbocycles. The molecule has 4 nitrogen and oxygen atoms in total. The SMILES string of the molecule is CCCCC(CC)COC(=O)c1cc2c(Br)c3sc(C(=O)OC)cc3c(Br)c2s1. The van der Waals surface area contributed by atoms with Gasteiger partial charge >= 0.3 is 11.9 Å². The van der Waals surface area contributed by atoms with Crippen LogP contribution in [0.25, 0.3) is 20.2 Å². The molecule has 0 aliphatic carbocycles. The summed E-state index contributed by atoms with van der Waals surface area (Å²) in [7, 11) is 1.37. The van der Waals surface area contributed by atoms with Crippen LogP contribution in [0.15, 0.2) is 21.1 Å². The van der Waals surface area contributed by atoms with E-state index in [-0.39, 0.29) is 11.9 Å². The van der Waals surface area contributed by atoms with E-state index < -0.39 is 0 Å². The molecule has 0 fully saturated rings. The summed E-state index contributed by atoms with van der Waals surface area (Å²) in [6, 6.07) is 3.68. The number of benzene rings is 1. The van der Waals surface area contributed by atoms with Crippen LogP contribution in [0.1, 0.15) is 58.9 Å². The highest BCUT2D eigenvalue weighted by Crippen LogP contribution is 2.46. The summed E-state index contributed by atoms with van der Waals surface area (Å²) in [5, 5.41) is 1.85. The Morgan fingerprint density at radius 1 is 1.00 bits per heavy atom. The molecule has 1 unspecified atom stereocenters. The summed E-state index contributed by atoms with van der Waals surface area (Å²) >= 11 is 10.1. The van der Waals surface area contributed by atoms with Gasteiger partial charge in [0.1, 0.15) is 9.75 Å². The number of carbonyl (C=O) groups is 2. The quantitative estimate of drug-likeness (QED) is 0.263. The van der Waals surface area contributed by atoms with Crippen LogP contribution in [0.2, 0.25) is 0 Å². The smallest absolute Gasteiger partial charge is 0.348 e. The third-order valence-corrected chi connectivity index (χ3v) is 9.35. The molecular weight excluding hydrogens is 540 g/mol. The maximum atomic E-state index is 12.6. The van der Waals surface area contributed by atoms with Crippen molar-refractivity contribution in [2.45, 2.75) is 39.5 Å². The lowest BCUT2D eigenvalue weighted by Gasteiger charge is -2.14. The molecule has 0 spiro atoms. The molecule has 156 valence electrons. The zero-order valence-corrected chi connectivity index (χ0v) is 21.3. The number of thiophene rings is 2. The standard InChI is InChI=1S/C21H22Br2O4S2/c1-4-6-7-11(5-2)10-27-21(25)15-9-13-17(23)18-12(16(22)19(13)29-15)8-14(28-18)20(24)26-3/h8-9,11H,4-7,10H2,1-3H3. The number of fused-ring (bicyclic) bond motifs is 2. The molecule has 8 heteroatoms. The second-order valence-electron chi connectivity index (χ2n) is 6.84. The van der Waals surface area contributed by atoms with Gasteiger partial charge in [0, 0.05) is 19.7 Å². The van der Waals surface area contributed by atoms with E-state index in [1.165, 1.54) is 29.8 Å². The first-order chi connectivity index (χ1) is 13.9. The first-order valence-electron chi connectivity index (χ1n) is 9.50. The van der Waals surface area contributed by atoms with Crippen molar-refractivity contribution in [2.24, 2.45) is 5.92 Å². The Labute approximate surface area is 194 Å². The van der Waals surface area contributed by atoms with Gasteiger partial charge in [-0.25, -0.2) is 9.59 Å². The average molecular weight is 562 g/mol. The van der Waals surface area contributed by atoms with Crippen molar-refractivity contribution >= 4 is 86.6 Å². The number of hydrogen-bond donors (Lipinski definition) is 0. The van der Waals surface area contributed by atoms with E-state index in [2.05, 4.69) is 45.7 Å². The first kappa shape index (κ1) is 22.7. The minimum Gasteiger partial charge on any atom is -0.465 e. The summed E-state index contributed by atoms with van der Waals surface area (Å²) in [4.78, 5) is 25.7. The minimum atomic E-state index is -0.355. The molecule has 0 saturated carbocycles. The van der Waals surface area contributed by atoms with Crippen LogP contribution in [0, 0.1) is 5.92 Å². The Bertz CT molecular complexity index is 997. The Kier molecular flexibility index (Phi) is 7.75. The summed E-state index contributed by atoms with van der Waals surface area (Å²) in [6.45, 7) is 4.77. The number of halogens is 2. The van der Waals surface area contributed by atoms with Crippen LogP contribution in [0.4, 0.5) is 0 Å². The van der Waals surface area contributed by atoms with E-state index in [0.29, 0.717) is 22.3 Å². The van der Waals surface area contributed by atoms with E-state index in [9.17, 15) is 9.59 Å². The normalized spacial score (nSPS) is 12.4. The van der Waals surface area contributed by atoms with Gasteiger partial charge in [-0.3, -0.25) is 0 Å². The molecule has 1 atom stereocenters. The van der Waals surface area contributed by atoms with Gasteiger partial charge in [0.25, 0.3) is 0 Å². The summed E-state index contributed by atoms with van der Waals surface area (Å²) < 4.78 is 14.1. The predicted molar refractivity (Wildman–Crippen MR) is 128 cm³/mol. The highest BCUT2D eigenvalue weighted by atomic mass is 79.9. The molecule has 0 aliphatic heterocycles. The molecule has 0 saturated heterocycles. The molecule has 0 radical (unpaired) electrons. The molecule has 0 bridgehead atoms. The number of hydrogen-bond acceptors (Lipinski definition) is 6. The van der Waals surface area contributed by atoms with Crippen molar-refractivity contribution < 1.29 is 19.1 Å². The Morgan fingerprint density at radius 3 is 2.03 bits per heavy atom. The lowest BCUT2D eigenvalue weighted by molar-refractivity contribution is 0.0433. The molecule has 2 heterocycles. The van der Waals surface area contributed by atoms with Gasteiger partial charge in [-0.05, 0) is 56.3 Å². The van der Waals surface area contributed by atoms with E-state index in [4.69, 9.17) is 9.47 Å². The Morgan fingerprint density at radius 2 is 1.55 bits per heavy atom. The van der Waals surface area contributed by atoms with Crippen molar-refractivity contribution in [2.75, 3.05) is 13.7 Å². The minimum absolute atomic E-state index is 0.279. The maximum Gasteiger partial charge on any atom is 0.348 e. The number of esters is 2. The fraction of sp³-hybridized carbons (Fsp3) is 0.429. The highest BCUT2D eigenvalue weighted by molar-refractivity contribution is 9.11. The fourth-order valence-corrected chi connectivity index (χ4v) is 6.99. The van der Waals surface area contributed by atoms with Gasteiger partial charge in [-0.2, -0.15) is 0 Å². The molecule has 3 aromatic rings. The van der Waals surface area contributed by atoms with Gasteiger partial charge in [-0.15, -0.1) is 22.7 Å². The van der Waals surface area contributed by atoms with Gasteiger partial charge in [0.2, 0.25) is 0 Å². The average Bonchev–Trinajstić information content (AvgIpc) is 3.37. The fourth-order valence-electron chi connectivity index (χ4n) is 3.14. The third kappa shape index (κ3) is 4.70. The highest BCUT2D eigenvalue weighted by Gasteiger charge is 2.22. The lowest BCUT2D eigenvalue weighted by atomic mass is 10.0. The van der Waals surface area contributed by atoms with E-state index in [0.717, 1.165) is 54.8 Å². The topological polar surface area (TPSA) is 52.6 Å². The molecule has 29 heavy (non-hydrogen) atoms. The molecule has 3 rings (SSSR count). The lowest BCUT2D eigenvalue weighted by Crippen LogP contribution is -2.13. The number of ether oxygens (including phenoxy) is 2. The van der Waals surface area contributed by atoms with Gasteiger partial charge in [0.15, 0.2) is 0 Å². The number of carbonyl (C=O) groups excluding carboxylic acids is 2. The monoisotopic (exact) mass is 560 g/mol. The van der Waals surface area contributed by atoms with E-state index in [1.54, 1.807) is 0 Å². The number of unbranched alkanes of at least 4 members (excludes halogenated alkanes) is 1. The first-order valence-corrected chi connectivity index (χ1v) is 12.7. The van der Waals surface area contributed by atoms with E-state index >= 15 is 0 Å².